The Morgan fingerprint density at radius 3 is 2.91 bits per heavy atom. The fourth-order valence-corrected chi connectivity index (χ4v) is 3.77. The summed E-state index contributed by atoms with van der Waals surface area (Å²) in [6.07, 6.45) is 4.16. The summed E-state index contributed by atoms with van der Waals surface area (Å²) in [5, 5.41) is 4.92. The lowest BCUT2D eigenvalue weighted by molar-refractivity contribution is -0.135. The highest BCUT2D eigenvalue weighted by Crippen LogP contribution is 2.49. The monoisotopic (exact) mass is 317 g/mol. The minimum atomic E-state index is -0.516. The Kier molecular flexibility index (Phi) is 3.36. The van der Waals surface area contributed by atoms with Crippen LogP contribution in [0.5, 0.6) is 0 Å². The van der Waals surface area contributed by atoms with Crippen molar-refractivity contribution in [1.29, 1.82) is 0 Å². The van der Waals surface area contributed by atoms with Gasteiger partial charge in [0.25, 0.3) is 5.91 Å². The van der Waals surface area contributed by atoms with Gasteiger partial charge in [0, 0.05) is 30.8 Å². The Balaban J connectivity index is 1.39. The van der Waals surface area contributed by atoms with Gasteiger partial charge in [-0.1, -0.05) is 0 Å². The summed E-state index contributed by atoms with van der Waals surface area (Å²) in [4.78, 5) is 37.6. The van der Waals surface area contributed by atoms with Gasteiger partial charge in [0.1, 0.15) is 11.8 Å². The van der Waals surface area contributed by atoms with Crippen molar-refractivity contribution < 1.29 is 18.8 Å². The van der Waals surface area contributed by atoms with Crippen LogP contribution >= 0.6 is 0 Å². The van der Waals surface area contributed by atoms with E-state index in [1.165, 1.54) is 0 Å². The maximum atomic E-state index is 12.7. The van der Waals surface area contributed by atoms with Gasteiger partial charge < -0.3 is 14.6 Å². The molecule has 0 spiro atoms. The Morgan fingerprint density at radius 1 is 1.35 bits per heavy atom. The maximum Gasteiger partial charge on any atom is 0.322 e. The minimum absolute atomic E-state index is 0.00750. The van der Waals surface area contributed by atoms with Crippen LogP contribution < -0.4 is 10.6 Å². The first-order chi connectivity index (χ1) is 11.1. The molecule has 4 atom stereocenters. The van der Waals surface area contributed by atoms with Gasteiger partial charge in [0.05, 0.1) is 6.26 Å². The molecule has 1 saturated carbocycles. The number of piperidine rings is 1. The van der Waals surface area contributed by atoms with Crippen molar-refractivity contribution in [3.8, 4) is 0 Å². The number of amides is 4. The predicted octanol–water partition coefficient (Wildman–Crippen LogP) is 0.830. The van der Waals surface area contributed by atoms with E-state index in [0.29, 0.717) is 6.54 Å². The van der Waals surface area contributed by atoms with E-state index in [4.69, 9.17) is 4.42 Å². The van der Waals surface area contributed by atoms with E-state index >= 15 is 0 Å². The highest BCUT2D eigenvalue weighted by Gasteiger charge is 2.48. The first-order valence-corrected chi connectivity index (χ1v) is 8.07. The zero-order valence-corrected chi connectivity index (χ0v) is 12.7. The summed E-state index contributed by atoms with van der Waals surface area (Å²) in [6, 6.07) is 2.80. The van der Waals surface area contributed by atoms with Crippen LogP contribution in [0.2, 0.25) is 0 Å². The minimum Gasteiger partial charge on any atom is -0.469 e. The zero-order valence-electron chi connectivity index (χ0n) is 12.7. The molecule has 4 rings (SSSR count). The third-order valence-corrected chi connectivity index (χ3v) is 5.06. The number of carbonyl (C=O) groups is 3. The molecule has 1 aromatic rings. The second kappa shape index (κ2) is 5.40. The number of hydrogen-bond donors (Lipinski definition) is 2. The zero-order chi connectivity index (χ0) is 16.0. The van der Waals surface area contributed by atoms with Gasteiger partial charge in [-0.3, -0.25) is 14.9 Å². The standard InChI is InChI=1S/C16H19N3O4/c20-14-13(17-16(22)18-14)9-3-1-5-19(8-9)15(21)11-7-10(11)12-4-2-6-23-12/h2,4,6,9-11,13H,1,3,5,7-8H2,(H2,17,18,20,22)/t9-,10-,11-,13+/m1/s1. The van der Waals surface area contributed by atoms with Crippen LogP contribution in [0.15, 0.2) is 22.8 Å². The first-order valence-electron chi connectivity index (χ1n) is 8.07. The molecular weight excluding hydrogens is 298 g/mol. The van der Waals surface area contributed by atoms with Crippen molar-refractivity contribution in [3.05, 3.63) is 24.2 Å². The quantitative estimate of drug-likeness (QED) is 0.808. The lowest BCUT2D eigenvalue weighted by Crippen LogP contribution is -2.48. The van der Waals surface area contributed by atoms with Gasteiger partial charge >= 0.3 is 6.03 Å². The lowest BCUT2D eigenvalue weighted by atomic mass is 9.90. The van der Waals surface area contributed by atoms with E-state index < -0.39 is 12.1 Å². The van der Waals surface area contributed by atoms with Crippen LogP contribution in [0, 0.1) is 11.8 Å². The van der Waals surface area contributed by atoms with Crippen LogP contribution in [0.1, 0.15) is 30.9 Å². The van der Waals surface area contributed by atoms with Gasteiger partial charge in [-0.15, -0.1) is 0 Å². The van der Waals surface area contributed by atoms with E-state index in [0.717, 1.165) is 31.6 Å². The largest absolute Gasteiger partial charge is 0.469 e. The Labute approximate surface area is 133 Å². The Bertz CT molecular complexity index is 642. The third-order valence-electron chi connectivity index (χ3n) is 5.06. The number of nitrogens with one attached hydrogen (secondary N) is 2. The molecule has 3 aliphatic rings. The van der Waals surface area contributed by atoms with Crippen LogP contribution in [0.25, 0.3) is 0 Å². The molecule has 23 heavy (non-hydrogen) atoms. The summed E-state index contributed by atoms with van der Waals surface area (Å²) in [6.45, 7) is 1.25. The van der Waals surface area contributed by atoms with Gasteiger partial charge in [-0.2, -0.15) is 0 Å². The van der Waals surface area contributed by atoms with E-state index in [9.17, 15) is 14.4 Å². The van der Waals surface area contributed by atoms with Crippen molar-refractivity contribution in [1.82, 2.24) is 15.5 Å². The number of likely N-dealkylation sites (tertiary alicyclic amines) is 1. The summed E-state index contributed by atoms with van der Waals surface area (Å²) in [5.41, 5.74) is 0. The topological polar surface area (TPSA) is 91.7 Å². The average Bonchev–Trinajstić information content (AvgIpc) is 2.99. The van der Waals surface area contributed by atoms with E-state index in [1.54, 1.807) is 6.26 Å². The van der Waals surface area contributed by atoms with E-state index in [-0.39, 0.29) is 29.6 Å². The van der Waals surface area contributed by atoms with Crippen LogP contribution in [0.3, 0.4) is 0 Å². The molecule has 2 N–H and O–H groups in total. The molecule has 0 bridgehead atoms. The second-order valence-corrected chi connectivity index (χ2v) is 6.59. The molecule has 0 unspecified atom stereocenters. The molecule has 7 heteroatoms. The normalized spacial score (nSPS) is 33.3. The van der Waals surface area contributed by atoms with Crippen molar-refractivity contribution in [3.63, 3.8) is 0 Å². The molecule has 122 valence electrons. The summed E-state index contributed by atoms with van der Waals surface area (Å²) < 4.78 is 5.38. The van der Waals surface area contributed by atoms with Crippen LogP contribution in [-0.4, -0.2) is 41.9 Å². The summed E-state index contributed by atoms with van der Waals surface area (Å²) in [7, 11) is 0. The number of furan rings is 1. The number of imide groups is 1. The van der Waals surface area contributed by atoms with Crippen molar-refractivity contribution >= 4 is 17.8 Å². The second-order valence-electron chi connectivity index (χ2n) is 6.59. The van der Waals surface area contributed by atoms with Gasteiger partial charge in [-0.25, -0.2) is 4.79 Å². The van der Waals surface area contributed by atoms with E-state index in [1.807, 2.05) is 17.0 Å². The molecule has 3 fully saturated rings. The number of hydrogen-bond acceptors (Lipinski definition) is 4. The molecule has 7 nitrogen and oxygen atoms in total. The predicted molar refractivity (Wildman–Crippen MR) is 79.3 cm³/mol. The summed E-state index contributed by atoms with van der Waals surface area (Å²) >= 11 is 0. The molecule has 2 aliphatic heterocycles. The fourth-order valence-electron chi connectivity index (χ4n) is 3.77. The highest BCUT2D eigenvalue weighted by atomic mass is 16.3. The molecule has 0 radical (unpaired) electrons. The van der Waals surface area contributed by atoms with Crippen molar-refractivity contribution in [2.45, 2.75) is 31.2 Å². The van der Waals surface area contributed by atoms with Crippen molar-refractivity contribution in [2.24, 2.45) is 11.8 Å². The number of rotatable bonds is 3. The molecule has 0 aromatic carbocycles. The van der Waals surface area contributed by atoms with Crippen molar-refractivity contribution in [2.75, 3.05) is 13.1 Å². The number of urea groups is 1. The fraction of sp³-hybridized carbons (Fsp3) is 0.562. The van der Waals surface area contributed by atoms with E-state index in [2.05, 4.69) is 10.6 Å². The first kappa shape index (κ1) is 14.3. The molecule has 1 aliphatic carbocycles. The van der Waals surface area contributed by atoms with Gasteiger partial charge in [0.15, 0.2) is 0 Å². The Hall–Kier alpha value is -2.31. The van der Waals surface area contributed by atoms with Gasteiger partial charge in [0.2, 0.25) is 5.91 Å². The third kappa shape index (κ3) is 2.60. The molecule has 4 amide bonds. The maximum absolute atomic E-state index is 12.7. The lowest BCUT2D eigenvalue weighted by Gasteiger charge is -2.34. The van der Waals surface area contributed by atoms with Crippen LogP contribution in [0.4, 0.5) is 4.79 Å². The van der Waals surface area contributed by atoms with Crippen LogP contribution in [-0.2, 0) is 9.59 Å². The summed E-state index contributed by atoms with van der Waals surface area (Å²) in [5.74, 6) is 0.897. The van der Waals surface area contributed by atoms with Gasteiger partial charge in [-0.05, 0) is 31.4 Å². The average molecular weight is 317 g/mol. The highest BCUT2D eigenvalue weighted by molar-refractivity contribution is 6.04. The smallest absolute Gasteiger partial charge is 0.322 e. The molecule has 1 aromatic heterocycles. The molecule has 3 heterocycles. The Morgan fingerprint density at radius 2 is 2.22 bits per heavy atom. The SMILES string of the molecule is O=C1NC(=O)[C@H]([C@@H]2CCCN(C(=O)[C@@H]3C[C@H]3c3ccco3)C2)N1. The molecular formula is C16H19N3O4. The molecule has 2 saturated heterocycles. The number of carbonyl (C=O) groups excluding carboxylic acids is 3. The number of nitrogens with zero attached hydrogens (tertiary/aromatic N) is 1.